The normalized spacial score (nSPS) is 19.4. The van der Waals surface area contributed by atoms with E-state index in [1.807, 2.05) is 0 Å². The van der Waals surface area contributed by atoms with E-state index in [1.165, 1.54) is 120 Å². The fourth-order valence-electron chi connectivity index (χ4n) is 5.07. The molecule has 1 N–H and O–H groups in total. The molecule has 0 atom stereocenters. The van der Waals surface area contributed by atoms with Crippen molar-refractivity contribution in [1.82, 2.24) is 0 Å². The quantitative estimate of drug-likeness (QED) is 0.290. The van der Waals surface area contributed by atoms with Gasteiger partial charge in [-0.15, -0.1) is 0 Å². The molecular weight excluding hydrogens is 350 g/mol. The first-order valence-electron chi connectivity index (χ1n) is 13.1. The smallest absolute Gasteiger partial charge is 0.0370 e. The van der Waals surface area contributed by atoms with E-state index >= 15 is 0 Å². The van der Waals surface area contributed by atoms with Gasteiger partial charge >= 0.3 is 0 Å². The van der Waals surface area contributed by atoms with Crippen molar-refractivity contribution in [2.24, 2.45) is 11.8 Å². The molecule has 0 bridgehead atoms. The number of rotatable bonds is 15. The van der Waals surface area contributed by atoms with Crippen molar-refractivity contribution in [3.05, 3.63) is 29.3 Å². The Balaban J connectivity index is 1.61. The van der Waals surface area contributed by atoms with Gasteiger partial charge in [0.1, 0.15) is 0 Å². The first kappa shape index (κ1) is 24.3. The summed E-state index contributed by atoms with van der Waals surface area (Å²) in [5.74, 6) is 2.01. The molecule has 1 aromatic rings. The number of unbranched alkanes of at least 4 members (excludes halogenated alkanes) is 7. The highest BCUT2D eigenvalue weighted by molar-refractivity contribution is 5.52. The van der Waals surface area contributed by atoms with E-state index in [-0.39, 0.29) is 0 Å². The van der Waals surface area contributed by atoms with E-state index in [1.54, 1.807) is 0 Å². The van der Waals surface area contributed by atoms with E-state index in [4.69, 9.17) is 0 Å². The predicted molar refractivity (Wildman–Crippen MR) is 131 cm³/mol. The van der Waals surface area contributed by atoms with Gasteiger partial charge in [0.05, 0.1) is 0 Å². The molecule has 0 unspecified atom stereocenters. The minimum atomic E-state index is 0.975. The lowest BCUT2D eigenvalue weighted by molar-refractivity contribution is 0.249. The highest BCUT2D eigenvalue weighted by Crippen LogP contribution is 2.34. The molecule has 0 heterocycles. The van der Waals surface area contributed by atoms with Crippen molar-refractivity contribution in [3.8, 4) is 0 Å². The van der Waals surface area contributed by atoms with E-state index in [0.29, 0.717) is 0 Å². The molecule has 1 heteroatoms. The van der Waals surface area contributed by atoms with Crippen molar-refractivity contribution in [2.75, 3.05) is 11.9 Å². The molecule has 0 radical (unpaired) electrons. The van der Waals surface area contributed by atoms with Gasteiger partial charge in [-0.1, -0.05) is 109 Å². The summed E-state index contributed by atoms with van der Waals surface area (Å²) in [6.07, 6.45) is 22.6. The van der Waals surface area contributed by atoms with Gasteiger partial charge in [0.2, 0.25) is 0 Å². The summed E-state index contributed by atoms with van der Waals surface area (Å²) in [6.45, 7) is 7.99. The van der Waals surface area contributed by atoms with E-state index in [2.05, 4.69) is 44.3 Å². The maximum Gasteiger partial charge on any atom is 0.0370 e. The molecule has 1 aromatic carbocycles. The molecule has 0 amide bonds. The standard InChI is InChI=1S/C28H49N/c1-4-6-8-9-10-12-22-29-28-21-20-27(23-24(28)3)19-18-26-16-14-25(15-17-26)13-11-7-5-2/h20-21,23,25-26,29H,4-19,22H2,1-3H3/t25-,26-. The molecule has 1 aliphatic carbocycles. The summed E-state index contributed by atoms with van der Waals surface area (Å²) < 4.78 is 0. The third kappa shape index (κ3) is 10.1. The van der Waals surface area contributed by atoms with Crippen LogP contribution in [0.2, 0.25) is 0 Å². The van der Waals surface area contributed by atoms with Gasteiger partial charge in [-0.2, -0.15) is 0 Å². The molecule has 1 aliphatic rings. The predicted octanol–water partition coefficient (Wildman–Crippen LogP) is 9.09. The largest absolute Gasteiger partial charge is 0.385 e. The molecule has 29 heavy (non-hydrogen) atoms. The molecule has 0 aliphatic heterocycles. The molecule has 1 fully saturated rings. The Labute approximate surface area is 182 Å². The van der Waals surface area contributed by atoms with Crippen LogP contribution < -0.4 is 5.32 Å². The number of nitrogens with one attached hydrogen (secondary N) is 1. The second kappa shape index (κ2) is 14.9. The van der Waals surface area contributed by atoms with Crippen LogP contribution in [0.5, 0.6) is 0 Å². The van der Waals surface area contributed by atoms with Crippen LogP contribution in [0.4, 0.5) is 5.69 Å². The van der Waals surface area contributed by atoms with Crippen LogP contribution in [-0.2, 0) is 6.42 Å². The van der Waals surface area contributed by atoms with Crippen LogP contribution in [0.1, 0.15) is 121 Å². The minimum absolute atomic E-state index is 0.975. The van der Waals surface area contributed by atoms with E-state index in [0.717, 1.165) is 18.4 Å². The first-order chi connectivity index (χ1) is 14.2. The summed E-state index contributed by atoms with van der Waals surface area (Å²) in [6, 6.07) is 7.12. The lowest BCUT2D eigenvalue weighted by Gasteiger charge is -2.28. The van der Waals surface area contributed by atoms with Crippen LogP contribution in [-0.4, -0.2) is 6.54 Å². The number of benzene rings is 1. The summed E-state index contributed by atoms with van der Waals surface area (Å²) in [4.78, 5) is 0. The zero-order chi connectivity index (χ0) is 20.7. The second-order valence-electron chi connectivity index (χ2n) is 9.77. The molecule has 0 spiro atoms. The zero-order valence-electron chi connectivity index (χ0n) is 19.9. The van der Waals surface area contributed by atoms with E-state index in [9.17, 15) is 0 Å². The highest BCUT2D eigenvalue weighted by atomic mass is 14.9. The Morgan fingerprint density at radius 1 is 0.759 bits per heavy atom. The van der Waals surface area contributed by atoms with Gasteiger partial charge in [0.15, 0.2) is 0 Å². The van der Waals surface area contributed by atoms with Crippen molar-refractivity contribution in [3.63, 3.8) is 0 Å². The molecule has 0 saturated heterocycles. The van der Waals surface area contributed by atoms with E-state index < -0.39 is 0 Å². The summed E-state index contributed by atoms with van der Waals surface area (Å²) in [7, 11) is 0. The second-order valence-corrected chi connectivity index (χ2v) is 9.77. The fraction of sp³-hybridized carbons (Fsp3) is 0.786. The van der Waals surface area contributed by atoms with Crippen LogP contribution in [0.3, 0.4) is 0 Å². The monoisotopic (exact) mass is 399 g/mol. The Morgan fingerprint density at radius 2 is 1.38 bits per heavy atom. The molecule has 0 aromatic heterocycles. The fourth-order valence-corrected chi connectivity index (χ4v) is 5.07. The minimum Gasteiger partial charge on any atom is -0.385 e. The van der Waals surface area contributed by atoms with Gasteiger partial charge in [0, 0.05) is 12.2 Å². The van der Waals surface area contributed by atoms with Gasteiger partial charge in [-0.25, -0.2) is 0 Å². The first-order valence-corrected chi connectivity index (χ1v) is 13.1. The molecule has 1 saturated carbocycles. The van der Waals surface area contributed by atoms with Crippen LogP contribution >= 0.6 is 0 Å². The lowest BCUT2D eigenvalue weighted by Crippen LogP contribution is -2.15. The van der Waals surface area contributed by atoms with Gasteiger partial charge in [-0.05, 0) is 55.2 Å². The Morgan fingerprint density at radius 3 is 2.07 bits per heavy atom. The lowest BCUT2D eigenvalue weighted by atomic mass is 9.77. The molecule has 1 nitrogen and oxygen atoms in total. The third-order valence-corrected chi connectivity index (χ3v) is 7.16. The molecule has 2 rings (SSSR count). The Bertz CT molecular complexity index is 527. The number of anilines is 1. The van der Waals surface area contributed by atoms with Crippen molar-refractivity contribution in [2.45, 2.75) is 124 Å². The number of hydrogen-bond donors (Lipinski definition) is 1. The number of aryl methyl sites for hydroxylation is 2. The molecular formula is C28H49N. The Kier molecular flexibility index (Phi) is 12.5. The topological polar surface area (TPSA) is 12.0 Å². The highest BCUT2D eigenvalue weighted by Gasteiger charge is 2.20. The third-order valence-electron chi connectivity index (χ3n) is 7.16. The maximum absolute atomic E-state index is 3.66. The van der Waals surface area contributed by atoms with Crippen molar-refractivity contribution in [1.29, 1.82) is 0 Å². The SMILES string of the molecule is CCCCCCCCNc1ccc(CC[C@H]2CC[C@H](CCCCC)CC2)cc1C. The number of hydrogen-bond acceptors (Lipinski definition) is 1. The maximum atomic E-state index is 3.66. The molecule has 166 valence electrons. The summed E-state index contributed by atoms with van der Waals surface area (Å²) in [5, 5.41) is 3.66. The zero-order valence-corrected chi connectivity index (χ0v) is 19.9. The van der Waals surface area contributed by atoms with Crippen LogP contribution in [0.15, 0.2) is 18.2 Å². The average molecular weight is 400 g/mol. The van der Waals surface area contributed by atoms with Crippen LogP contribution in [0, 0.1) is 18.8 Å². The van der Waals surface area contributed by atoms with Crippen molar-refractivity contribution >= 4 is 5.69 Å². The average Bonchev–Trinajstić information content (AvgIpc) is 2.74. The van der Waals surface area contributed by atoms with Crippen molar-refractivity contribution < 1.29 is 0 Å². The van der Waals surface area contributed by atoms with Crippen LogP contribution in [0.25, 0.3) is 0 Å². The summed E-state index contributed by atoms with van der Waals surface area (Å²) >= 11 is 0. The Hall–Kier alpha value is -0.980. The van der Waals surface area contributed by atoms with Gasteiger partial charge < -0.3 is 5.32 Å². The summed E-state index contributed by atoms with van der Waals surface area (Å²) in [5.41, 5.74) is 4.31. The van der Waals surface area contributed by atoms with Gasteiger partial charge in [-0.3, -0.25) is 0 Å². The van der Waals surface area contributed by atoms with Gasteiger partial charge in [0.25, 0.3) is 0 Å².